The maximum atomic E-state index is 12.8. The summed E-state index contributed by atoms with van der Waals surface area (Å²) in [7, 11) is 0. The van der Waals surface area contributed by atoms with Gasteiger partial charge in [0.2, 0.25) is 11.6 Å². The van der Waals surface area contributed by atoms with E-state index in [9.17, 15) is 20.0 Å². The van der Waals surface area contributed by atoms with Crippen LogP contribution in [-0.4, -0.2) is 47.5 Å². The largest absolute Gasteiger partial charge is 0.507 e. The molecule has 0 spiro atoms. The van der Waals surface area contributed by atoms with Crippen LogP contribution in [0.2, 0.25) is 0 Å². The Bertz CT molecular complexity index is 1330. The minimum absolute atomic E-state index is 0.0351. The van der Waals surface area contributed by atoms with E-state index in [4.69, 9.17) is 5.73 Å². The Hall–Kier alpha value is -5.14. The number of nitrogens with two attached hydrogens (primary N) is 1. The predicted octanol–water partition coefficient (Wildman–Crippen LogP) is 1.28. The van der Waals surface area contributed by atoms with Gasteiger partial charge in [-0.25, -0.2) is 10.1 Å². The molecule has 0 radical (unpaired) electrons. The van der Waals surface area contributed by atoms with Crippen LogP contribution in [0.4, 0.5) is 11.5 Å². The summed E-state index contributed by atoms with van der Waals surface area (Å²) < 4.78 is 5.80. The highest BCUT2D eigenvalue weighted by atomic mass is 16.6. The third kappa shape index (κ3) is 3.82. The molecule has 14 heteroatoms. The van der Waals surface area contributed by atoms with Gasteiger partial charge in [-0.2, -0.15) is 9.78 Å². The lowest BCUT2D eigenvalue weighted by molar-refractivity contribution is -0.384. The molecular formula is C18H13N9O5. The fourth-order valence-corrected chi connectivity index (χ4v) is 2.75. The van der Waals surface area contributed by atoms with Gasteiger partial charge < -0.3 is 10.8 Å². The number of phenolic OH excluding ortho intramolecular Hbond substituents is 1. The standard InChI is InChI=1S/C18H13N9O5/c19-16-17(24-32-23-16)26-15(10-4-2-1-3-5-10)14(21-25-26)18(29)22-20-9-11-8-12(27(30)31)6-7-13(11)28/h1-9,28H,(H2,19,23)(H,22,29)/b20-9+. The molecule has 160 valence electrons. The maximum Gasteiger partial charge on any atom is 0.294 e. The van der Waals surface area contributed by atoms with Crippen LogP contribution in [0.15, 0.2) is 58.3 Å². The first-order chi connectivity index (χ1) is 15.5. The minimum Gasteiger partial charge on any atom is -0.507 e. The van der Waals surface area contributed by atoms with Crippen LogP contribution in [0.1, 0.15) is 16.1 Å². The molecule has 14 nitrogen and oxygen atoms in total. The van der Waals surface area contributed by atoms with Crippen LogP contribution in [-0.2, 0) is 0 Å². The van der Waals surface area contributed by atoms with Crippen molar-refractivity contribution in [2.75, 3.05) is 5.73 Å². The number of phenols is 1. The van der Waals surface area contributed by atoms with Gasteiger partial charge in [-0.05, 0) is 16.4 Å². The zero-order valence-electron chi connectivity index (χ0n) is 16.0. The third-order valence-corrected chi connectivity index (χ3v) is 4.22. The van der Waals surface area contributed by atoms with Gasteiger partial charge in [-0.3, -0.25) is 14.9 Å². The number of nitrogens with one attached hydrogen (secondary N) is 1. The van der Waals surface area contributed by atoms with E-state index in [2.05, 4.69) is 35.8 Å². The van der Waals surface area contributed by atoms with Crippen molar-refractivity contribution in [2.45, 2.75) is 0 Å². The van der Waals surface area contributed by atoms with Gasteiger partial charge in [0.1, 0.15) is 11.4 Å². The molecule has 32 heavy (non-hydrogen) atoms. The highest BCUT2D eigenvalue weighted by Gasteiger charge is 2.25. The van der Waals surface area contributed by atoms with E-state index in [1.165, 1.54) is 4.68 Å². The van der Waals surface area contributed by atoms with Crippen molar-refractivity contribution >= 4 is 23.6 Å². The zero-order chi connectivity index (χ0) is 22.7. The maximum absolute atomic E-state index is 12.8. The Kier molecular flexibility index (Phi) is 5.23. The van der Waals surface area contributed by atoms with Crippen molar-refractivity contribution < 1.29 is 19.5 Å². The molecule has 0 saturated carbocycles. The molecule has 2 aromatic carbocycles. The molecule has 0 aliphatic rings. The number of benzene rings is 2. The zero-order valence-corrected chi connectivity index (χ0v) is 16.0. The number of nitro benzene ring substituents is 1. The van der Waals surface area contributed by atoms with Crippen LogP contribution < -0.4 is 11.2 Å². The molecule has 4 rings (SSSR count). The molecule has 0 unspecified atom stereocenters. The highest BCUT2D eigenvalue weighted by Crippen LogP contribution is 2.26. The van der Waals surface area contributed by atoms with Gasteiger partial charge in [-0.1, -0.05) is 35.5 Å². The predicted molar refractivity (Wildman–Crippen MR) is 109 cm³/mol. The molecule has 0 atom stereocenters. The van der Waals surface area contributed by atoms with Gasteiger partial charge >= 0.3 is 0 Å². The van der Waals surface area contributed by atoms with E-state index >= 15 is 0 Å². The number of aromatic nitrogens is 5. The van der Waals surface area contributed by atoms with Crippen molar-refractivity contribution in [3.05, 3.63) is 69.9 Å². The van der Waals surface area contributed by atoms with E-state index in [1.807, 2.05) is 0 Å². The molecule has 0 aliphatic carbocycles. The lowest BCUT2D eigenvalue weighted by atomic mass is 10.1. The Balaban J connectivity index is 1.66. The quantitative estimate of drug-likeness (QED) is 0.225. The normalized spacial score (nSPS) is 11.0. The third-order valence-electron chi connectivity index (χ3n) is 4.22. The molecule has 2 aromatic heterocycles. The van der Waals surface area contributed by atoms with Crippen LogP contribution in [0.3, 0.4) is 0 Å². The summed E-state index contributed by atoms with van der Waals surface area (Å²) in [5, 5.41) is 39.5. The lowest BCUT2D eigenvalue weighted by Gasteiger charge is -2.05. The fraction of sp³-hybridized carbons (Fsp3) is 0. The topological polar surface area (TPSA) is 200 Å². The van der Waals surface area contributed by atoms with Crippen LogP contribution in [0.5, 0.6) is 5.75 Å². The minimum atomic E-state index is -0.744. The molecule has 0 fully saturated rings. The number of nitro groups is 1. The Morgan fingerprint density at radius 3 is 2.72 bits per heavy atom. The molecule has 4 N–H and O–H groups in total. The van der Waals surface area contributed by atoms with Crippen molar-refractivity contribution in [2.24, 2.45) is 5.10 Å². The number of nitrogens with zero attached hydrogens (tertiary/aromatic N) is 7. The average molecular weight is 435 g/mol. The first kappa shape index (κ1) is 20.1. The Morgan fingerprint density at radius 2 is 2.03 bits per heavy atom. The Labute approximate surface area is 178 Å². The summed E-state index contributed by atoms with van der Waals surface area (Å²) >= 11 is 0. The second kappa shape index (κ2) is 8.31. The molecule has 1 amide bonds. The van der Waals surface area contributed by atoms with Crippen molar-refractivity contribution in [3.8, 4) is 22.8 Å². The van der Waals surface area contributed by atoms with E-state index in [1.54, 1.807) is 30.3 Å². The van der Waals surface area contributed by atoms with Gasteiger partial charge in [0.15, 0.2) is 5.69 Å². The van der Waals surface area contributed by atoms with Crippen molar-refractivity contribution in [1.29, 1.82) is 0 Å². The van der Waals surface area contributed by atoms with E-state index in [0.717, 1.165) is 24.4 Å². The number of rotatable bonds is 6. The second-order valence-electron chi connectivity index (χ2n) is 6.24. The molecule has 4 aromatic rings. The van der Waals surface area contributed by atoms with E-state index in [0.29, 0.717) is 5.56 Å². The SMILES string of the molecule is Nc1nonc1-n1nnc(C(=O)N/N=C/c2cc([N+](=O)[O-])ccc2O)c1-c1ccccc1. The van der Waals surface area contributed by atoms with Gasteiger partial charge in [-0.15, -0.1) is 5.10 Å². The Morgan fingerprint density at radius 1 is 1.25 bits per heavy atom. The summed E-state index contributed by atoms with van der Waals surface area (Å²) in [4.78, 5) is 23.0. The average Bonchev–Trinajstić information content (AvgIpc) is 3.41. The summed E-state index contributed by atoms with van der Waals surface area (Å²) in [6.45, 7) is 0. The van der Waals surface area contributed by atoms with Crippen molar-refractivity contribution in [1.82, 2.24) is 30.7 Å². The first-order valence-electron chi connectivity index (χ1n) is 8.86. The van der Waals surface area contributed by atoms with Gasteiger partial charge in [0.25, 0.3) is 11.6 Å². The second-order valence-corrected chi connectivity index (χ2v) is 6.24. The molecule has 2 heterocycles. The fourth-order valence-electron chi connectivity index (χ4n) is 2.75. The number of non-ortho nitro benzene ring substituents is 1. The lowest BCUT2D eigenvalue weighted by Crippen LogP contribution is -2.19. The van der Waals surface area contributed by atoms with Crippen molar-refractivity contribution in [3.63, 3.8) is 0 Å². The first-order valence-corrected chi connectivity index (χ1v) is 8.86. The van der Waals surface area contributed by atoms with E-state index in [-0.39, 0.29) is 40.0 Å². The number of nitrogen functional groups attached to an aromatic ring is 1. The molecular weight excluding hydrogens is 422 g/mol. The van der Waals surface area contributed by atoms with Crippen LogP contribution in [0, 0.1) is 10.1 Å². The number of amides is 1. The molecule has 0 saturated heterocycles. The van der Waals surface area contributed by atoms with Gasteiger partial charge in [0.05, 0.1) is 11.1 Å². The number of carbonyl (C=O) groups excluding carboxylic acids is 1. The number of aromatic hydroxyl groups is 1. The summed E-state index contributed by atoms with van der Waals surface area (Å²) in [6, 6.07) is 12.1. The number of carbonyl (C=O) groups is 1. The summed E-state index contributed by atoms with van der Waals surface area (Å²) in [5.74, 6) is -1.01. The monoisotopic (exact) mass is 435 g/mol. The molecule has 0 bridgehead atoms. The number of hydrazone groups is 1. The van der Waals surface area contributed by atoms with Crippen LogP contribution >= 0.6 is 0 Å². The highest BCUT2D eigenvalue weighted by molar-refractivity contribution is 5.99. The van der Waals surface area contributed by atoms with E-state index < -0.39 is 10.8 Å². The van der Waals surface area contributed by atoms with Crippen LogP contribution in [0.25, 0.3) is 17.1 Å². The number of hydrogen-bond donors (Lipinski definition) is 3. The number of anilines is 1. The summed E-state index contributed by atoms with van der Waals surface area (Å²) in [6.07, 6.45) is 1.06. The summed E-state index contributed by atoms with van der Waals surface area (Å²) in [5.41, 5.74) is 8.50. The number of hydrogen-bond acceptors (Lipinski definition) is 11. The molecule has 0 aliphatic heterocycles. The smallest absolute Gasteiger partial charge is 0.294 e. The van der Waals surface area contributed by atoms with Gasteiger partial charge in [0, 0.05) is 23.3 Å².